The SMILES string of the molecule is N=c1c(NCCO)c(N)n(O)c(=N)n1O. The van der Waals surface area contributed by atoms with E-state index in [1.807, 2.05) is 0 Å². The molecule has 1 aromatic heterocycles. The summed E-state index contributed by atoms with van der Waals surface area (Å²) in [6.45, 7) is -0.0915. The number of nitrogens with zero attached hydrogens (tertiary/aromatic N) is 2. The molecule has 0 atom stereocenters. The highest BCUT2D eigenvalue weighted by atomic mass is 16.5. The maximum Gasteiger partial charge on any atom is 0.273 e. The smallest absolute Gasteiger partial charge is 0.273 e. The Morgan fingerprint density at radius 2 is 1.87 bits per heavy atom. The number of rotatable bonds is 3. The summed E-state index contributed by atoms with van der Waals surface area (Å²) < 4.78 is 0.369. The van der Waals surface area contributed by atoms with Crippen LogP contribution in [-0.2, 0) is 0 Å². The van der Waals surface area contributed by atoms with Crippen molar-refractivity contribution in [3.8, 4) is 0 Å². The highest BCUT2D eigenvalue weighted by molar-refractivity contribution is 5.59. The molecule has 0 radical (unpaired) electrons. The predicted octanol–water partition coefficient (Wildman–Crippen LogP) is -2.29. The van der Waals surface area contributed by atoms with Crippen molar-refractivity contribution in [3.05, 3.63) is 11.1 Å². The first-order valence-corrected chi connectivity index (χ1v) is 4.00. The lowest BCUT2D eigenvalue weighted by molar-refractivity contribution is 0.0966. The zero-order chi connectivity index (χ0) is 11.6. The largest absolute Gasteiger partial charge is 0.423 e. The minimum absolute atomic E-state index is 0.0648. The summed E-state index contributed by atoms with van der Waals surface area (Å²) in [4.78, 5) is 0. The first-order valence-electron chi connectivity index (χ1n) is 4.00. The number of aromatic nitrogens is 2. The molecule has 0 saturated heterocycles. The first kappa shape index (κ1) is 10.9. The van der Waals surface area contributed by atoms with Gasteiger partial charge in [0.15, 0.2) is 11.3 Å². The summed E-state index contributed by atoms with van der Waals surface area (Å²) in [6.07, 6.45) is 0. The molecule has 1 heterocycles. The van der Waals surface area contributed by atoms with Crippen LogP contribution in [-0.4, -0.2) is 38.1 Å². The fourth-order valence-corrected chi connectivity index (χ4v) is 0.998. The quantitative estimate of drug-likeness (QED) is 0.283. The van der Waals surface area contributed by atoms with E-state index < -0.39 is 11.1 Å². The molecule has 0 bridgehead atoms. The lowest BCUT2D eigenvalue weighted by Crippen LogP contribution is -2.41. The molecule has 8 N–H and O–H groups in total. The van der Waals surface area contributed by atoms with Gasteiger partial charge in [0.25, 0.3) is 5.62 Å². The van der Waals surface area contributed by atoms with Crippen molar-refractivity contribution >= 4 is 11.5 Å². The molecule has 0 aliphatic carbocycles. The van der Waals surface area contributed by atoms with E-state index in [9.17, 15) is 10.4 Å². The van der Waals surface area contributed by atoms with Gasteiger partial charge in [-0.2, -0.15) is 0 Å². The number of hydrogen-bond donors (Lipinski definition) is 7. The van der Waals surface area contributed by atoms with Gasteiger partial charge in [0.1, 0.15) is 5.69 Å². The Hall–Kier alpha value is -2.16. The van der Waals surface area contributed by atoms with E-state index in [0.717, 1.165) is 0 Å². The zero-order valence-electron chi connectivity index (χ0n) is 7.73. The molecular weight excluding hydrogens is 204 g/mol. The molecule has 0 spiro atoms. The van der Waals surface area contributed by atoms with Crippen molar-refractivity contribution in [1.29, 1.82) is 10.8 Å². The highest BCUT2D eigenvalue weighted by Crippen LogP contribution is 2.07. The molecule has 0 unspecified atom stereocenters. The van der Waals surface area contributed by atoms with Crippen molar-refractivity contribution in [2.75, 3.05) is 24.2 Å². The van der Waals surface area contributed by atoms with Gasteiger partial charge in [-0.3, -0.25) is 10.8 Å². The summed E-state index contributed by atoms with van der Waals surface area (Å²) >= 11 is 0. The van der Waals surface area contributed by atoms with Gasteiger partial charge in [0.2, 0.25) is 0 Å². The second kappa shape index (κ2) is 3.92. The van der Waals surface area contributed by atoms with Crippen LogP contribution in [0.15, 0.2) is 0 Å². The molecule has 84 valence electrons. The van der Waals surface area contributed by atoms with E-state index >= 15 is 0 Å². The fraction of sp³-hybridized carbons (Fsp3) is 0.333. The number of aliphatic hydroxyl groups excluding tert-OH is 1. The third kappa shape index (κ3) is 1.72. The molecule has 0 aromatic carbocycles. The summed E-state index contributed by atoms with van der Waals surface area (Å²) in [5.41, 5.74) is 4.11. The van der Waals surface area contributed by atoms with Gasteiger partial charge in [-0.15, -0.1) is 9.46 Å². The van der Waals surface area contributed by atoms with E-state index in [2.05, 4.69) is 5.32 Å². The maximum absolute atomic E-state index is 9.23. The van der Waals surface area contributed by atoms with Crippen LogP contribution in [0, 0.1) is 10.8 Å². The van der Waals surface area contributed by atoms with Gasteiger partial charge in [0.05, 0.1) is 6.61 Å². The third-order valence-corrected chi connectivity index (χ3v) is 1.75. The highest BCUT2D eigenvalue weighted by Gasteiger charge is 2.11. The molecule has 15 heavy (non-hydrogen) atoms. The lowest BCUT2D eigenvalue weighted by Gasteiger charge is -2.12. The maximum atomic E-state index is 9.23. The average molecular weight is 216 g/mol. The molecule has 0 fully saturated rings. The number of nitrogens with two attached hydrogens (primary N) is 1. The lowest BCUT2D eigenvalue weighted by atomic mass is 10.4. The topological polar surface area (TPSA) is 156 Å². The van der Waals surface area contributed by atoms with Crippen molar-refractivity contribution in [2.24, 2.45) is 0 Å². The Labute approximate surface area is 83.6 Å². The number of nitrogens with one attached hydrogen (secondary N) is 3. The Morgan fingerprint density at radius 3 is 2.40 bits per heavy atom. The van der Waals surface area contributed by atoms with Crippen LogP contribution >= 0.6 is 0 Å². The average Bonchev–Trinajstić information content (AvgIpc) is 2.24. The number of nitrogen functional groups attached to an aromatic ring is 1. The summed E-state index contributed by atoms with van der Waals surface area (Å²) in [6, 6.07) is 0. The van der Waals surface area contributed by atoms with Crippen LogP contribution in [0.25, 0.3) is 0 Å². The molecule has 1 aromatic rings. The molecular formula is C6H12N6O3. The van der Waals surface area contributed by atoms with Crippen molar-refractivity contribution in [1.82, 2.24) is 9.46 Å². The normalized spacial score (nSPS) is 10.2. The summed E-state index contributed by atoms with van der Waals surface area (Å²) in [5, 5.41) is 44.1. The van der Waals surface area contributed by atoms with Gasteiger partial charge in [-0.25, -0.2) is 0 Å². The van der Waals surface area contributed by atoms with Gasteiger partial charge in [-0.05, 0) is 0 Å². The van der Waals surface area contributed by atoms with Crippen molar-refractivity contribution < 1.29 is 15.5 Å². The van der Waals surface area contributed by atoms with Crippen LogP contribution in [0.4, 0.5) is 11.5 Å². The Balaban J connectivity index is 3.39. The van der Waals surface area contributed by atoms with Crippen molar-refractivity contribution in [3.63, 3.8) is 0 Å². The Kier molecular flexibility index (Phi) is 2.85. The standard InChI is InChI=1S/C6H12N6O3/c7-4-3(10-1-2-13)5(8)12(15)6(9)11(4)14/h7,9-10,13-15H,1-2,8H2. The second-order valence-electron chi connectivity index (χ2n) is 2.71. The van der Waals surface area contributed by atoms with E-state index in [4.69, 9.17) is 21.7 Å². The monoisotopic (exact) mass is 216 g/mol. The molecule has 9 nitrogen and oxygen atoms in total. The summed E-state index contributed by atoms with van der Waals surface area (Å²) in [7, 11) is 0. The van der Waals surface area contributed by atoms with Crippen LogP contribution in [0.5, 0.6) is 0 Å². The van der Waals surface area contributed by atoms with Crippen molar-refractivity contribution in [2.45, 2.75) is 0 Å². The van der Waals surface area contributed by atoms with E-state index in [1.54, 1.807) is 0 Å². The first-order chi connectivity index (χ1) is 7.00. The molecule has 0 saturated carbocycles. The third-order valence-electron chi connectivity index (χ3n) is 1.75. The molecule has 0 aliphatic rings. The van der Waals surface area contributed by atoms with E-state index in [0.29, 0.717) is 0 Å². The van der Waals surface area contributed by atoms with Gasteiger partial charge >= 0.3 is 0 Å². The number of anilines is 2. The van der Waals surface area contributed by atoms with Gasteiger partial charge in [0, 0.05) is 6.54 Å². The fourth-order valence-electron chi connectivity index (χ4n) is 0.998. The van der Waals surface area contributed by atoms with E-state index in [-0.39, 0.29) is 34.1 Å². The van der Waals surface area contributed by atoms with Crippen LogP contribution < -0.4 is 22.2 Å². The predicted molar refractivity (Wildman–Crippen MR) is 48.5 cm³/mol. The van der Waals surface area contributed by atoms with E-state index in [1.165, 1.54) is 0 Å². The second-order valence-corrected chi connectivity index (χ2v) is 2.71. The van der Waals surface area contributed by atoms with Crippen LogP contribution in [0.1, 0.15) is 0 Å². The molecule has 0 amide bonds. The molecule has 1 rings (SSSR count). The Morgan fingerprint density at radius 1 is 1.27 bits per heavy atom. The zero-order valence-corrected chi connectivity index (χ0v) is 7.73. The minimum atomic E-state index is -0.743. The minimum Gasteiger partial charge on any atom is -0.423 e. The van der Waals surface area contributed by atoms with Gasteiger partial charge in [-0.1, -0.05) is 0 Å². The Bertz CT molecular complexity index is 475. The number of hydrogen-bond acceptors (Lipinski definition) is 7. The molecule has 0 aliphatic heterocycles. The van der Waals surface area contributed by atoms with Crippen LogP contribution in [0.2, 0.25) is 0 Å². The number of aliphatic hydroxyl groups is 1. The van der Waals surface area contributed by atoms with Gasteiger partial charge < -0.3 is 26.6 Å². The summed E-state index contributed by atoms with van der Waals surface area (Å²) in [5.74, 6) is -0.288. The molecule has 9 heteroatoms. The van der Waals surface area contributed by atoms with Crippen LogP contribution in [0.3, 0.4) is 0 Å².